The number of rotatable bonds is 1. The molecule has 13 heavy (non-hydrogen) atoms. The van der Waals surface area contributed by atoms with E-state index in [-0.39, 0.29) is 4.90 Å². The van der Waals surface area contributed by atoms with Gasteiger partial charge in [0.2, 0.25) is 0 Å². The average Bonchev–Trinajstić information content (AvgIpc) is 2.45. The van der Waals surface area contributed by atoms with Crippen LogP contribution in [0.3, 0.4) is 0 Å². The molecule has 0 saturated heterocycles. The zero-order valence-corrected chi connectivity index (χ0v) is 7.67. The van der Waals surface area contributed by atoms with Crippen LogP contribution >= 0.6 is 0 Å². The van der Waals surface area contributed by atoms with Gasteiger partial charge in [-0.05, 0) is 0 Å². The SMILES string of the molecule is CS(=O)(=O)c1c[nH]c2nccnc12. The summed E-state index contributed by atoms with van der Waals surface area (Å²) in [6, 6.07) is 0. The highest BCUT2D eigenvalue weighted by atomic mass is 32.2. The maximum absolute atomic E-state index is 11.2. The smallest absolute Gasteiger partial charge is 0.179 e. The molecule has 0 aliphatic rings. The van der Waals surface area contributed by atoms with Gasteiger partial charge in [0, 0.05) is 24.8 Å². The molecule has 0 atom stereocenters. The van der Waals surface area contributed by atoms with Gasteiger partial charge in [-0.25, -0.2) is 18.4 Å². The second kappa shape index (κ2) is 2.53. The van der Waals surface area contributed by atoms with Gasteiger partial charge in [0.15, 0.2) is 15.5 Å². The third kappa shape index (κ3) is 1.29. The predicted molar refractivity (Wildman–Crippen MR) is 47.0 cm³/mol. The molecular weight excluding hydrogens is 190 g/mol. The van der Waals surface area contributed by atoms with E-state index < -0.39 is 9.84 Å². The first-order valence-corrected chi connectivity index (χ1v) is 5.46. The quantitative estimate of drug-likeness (QED) is 0.716. The first-order chi connectivity index (χ1) is 6.09. The molecule has 0 bridgehead atoms. The van der Waals surface area contributed by atoms with E-state index in [0.29, 0.717) is 11.2 Å². The van der Waals surface area contributed by atoms with Gasteiger partial charge in [0.25, 0.3) is 0 Å². The summed E-state index contributed by atoms with van der Waals surface area (Å²) < 4.78 is 22.4. The number of aromatic nitrogens is 3. The highest BCUT2D eigenvalue weighted by Gasteiger charge is 2.14. The summed E-state index contributed by atoms with van der Waals surface area (Å²) in [7, 11) is -3.22. The molecule has 5 nitrogen and oxygen atoms in total. The first-order valence-electron chi connectivity index (χ1n) is 3.57. The molecule has 0 aromatic carbocycles. The molecule has 6 heteroatoms. The minimum absolute atomic E-state index is 0.190. The van der Waals surface area contributed by atoms with Crippen LogP contribution in [0.4, 0.5) is 0 Å². The number of hydrogen-bond donors (Lipinski definition) is 1. The van der Waals surface area contributed by atoms with E-state index in [1.807, 2.05) is 0 Å². The van der Waals surface area contributed by atoms with Gasteiger partial charge in [-0.3, -0.25) is 0 Å². The van der Waals surface area contributed by atoms with Crippen LogP contribution in [-0.2, 0) is 9.84 Å². The molecule has 2 aromatic heterocycles. The molecule has 0 spiro atoms. The molecule has 0 unspecified atom stereocenters. The number of aromatic amines is 1. The van der Waals surface area contributed by atoms with Crippen LogP contribution in [0.15, 0.2) is 23.5 Å². The van der Waals surface area contributed by atoms with Crippen LogP contribution in [-0.4, -0.2) is 29.6 Å². The number of hydrogen-bond acceptors (Lipinski definition) is 4. The first kappa shape index (κ1) is 8.18. The van der Waals surface area contributed by atoms with Crippen molar-refractivity contribution >= 4 is 21.0 Å². The summed E-state index contributed by atoms with van der Waals surface area (Å²) >= 11 is 0. The minimum atomic E-state index is -3.22. The fraction of sp³-hybridized carbons (Fsp3) is 0.143. The predicted octanol–water partition coefficient (Wildman–Crippen LogP) is 0.361. The van der Waals surface area contributed by atoms with E-state index in [0.717, 1.165) is 6.26 Å². The molecule has 0 aliphatic heterocycles. The lowest BCUT2D eigenvalue weighted by atomic mass is 10.5. The van der Waals surface area contributed by atoms with Crippen LogP contribution in [0.1, 0.15) is 0 Å². The number of H-pyrrole nitrogens is 1. The van der Waals surface area contributed by atoms with Gasteiger partial charge < -0.3 is 4.98 Å². The lowest BCUT2D eigenvalue weighted by Crippen LogP contribution is -1.96. The van der Waals surface area contributed by atoms with Gasteiger partial charge in [0.05, 0.1) is 0 Å². The molecule has 1 N–H and O–H groups in total. The Labute approximate surface area is 74.8 Å². The summed E-state index contributed by atoms with van der Waals surface area (Å²) in [6.45, 7) is 0. The molecule has 2 aromatic rings. The van der Waals surface area contributed by atoms with E-state index in [1.165, 1.54) is 18.6 Å². The molecular formula is C7H7N3O2S. The van der Waals surface area contributed by atoms with Crippen LogP contribution in [0.2, 0.25) is 0 Å². The van der Waals surface area contributed by atoms with Crippen molar-refractivity contribution in [3.63, 3.8) is 0 Å². The van der Waals surface area contributed by atoms with Gasteiger partial charge >= 0.3 is 0 Å². The second-order valence-corrected chi connectivity index (χ2v) is 4.66. The van der Waals surface area contributed by atoms with Crippen molar-refractivity contribution in [2.45, 2.75) is 4.90 Å². The van der Waals surface area contributed by atoms with E-state index in [2.05, 4.69) is 15.0 Å². The molecule has 68 valence electrons. The van der Waals surface area contributed by atoms with Crippen molar-refractivity contribution in [1.82, 2.24) is 15.0 Å². The van der Waals surface area contributed by atoms with Gasteiger partial charge in [0.1, 0.15) is 10.4 Å². The Morgan fingerprint density at radius 1 is 1.31 bits per heavy atom. The Bertz CT molecular complexity index is 544. The lowest BCUT2D eigenvalue weighted by Gasteiger charge is -1.91. The summed E-state index contributed by atoms with van der Waals surface area (Å²) in [5.41, 5.74) is 0.882. The summed E-state index contributed by atoms with van der Waals surface area (Å²) in [6.07, 6.45) is 5.51. The Morgan fingerprint density at radius 2 is 2.00 bits per heavy atom. The Kier molecular flexibility index (Phi) is 1.59. The molecule has 0 radical (unpaired) electrons. The van der Waals surface area contributed by atoms with Gasteiger partial charge in [-0.2, -0.15) is 0 Å². The Morgan fingerprint density at radius 3 is 2.69 bits per heavy atom. The molecule has 2 heterocycles. The molecule has 2 rings (SSSR count). The van der Waals surface area contributed by atoms with Gasteiger partial charge in [-0.1, -0.05) is 0 Å². The van der Waals surface area contributed by atoms with E-state index >= 15 is 0 Å². The summed E-state index contributed by atoms with van der Waals surface area (Å²) in [5, 5.41) is 0. The summed E-state index contributed by atoms with van der Waals surface area (Å²) in [5.74, 6) is 0. The maximum atomic E-state index is 11.2. The number of sulfone groups is 1. The van der Waals surface area contributed by atoms with Crippen molar-refractivity contribution in [3.05, 3.63) is 18.6 Å². The van der Waals surface area contributed by atoms with Crippen LogP contribution in [0, 0.1) is 0 Å². The van der Waals surface area contributed by atoms with Crippen LogP contribution in [0.25, 0.3) is 11.2 Å². The minimum Gasteiger partial charge on any atom is -0.343 e. The van der Waals surface area contributed by atoms with Crippen LogP contribution < -0.4 is 0 Å². The molecule has 0 saturated carbocycles. The van der Waals surface area contributed by atoms with E-state index in [9.17, 15) is 8.42 Å². The lowest BCUT2D eigenvalue weighted by molar-refractivity contribution is 0.602. The van der Waals surface area contributed by atoms with E-state index in [4.69, 9.17) is 0 Å². The molecule has 0 aliphatic carbocycles. The third-order valence-electron chi connectivity index (χ3n) is 1.67. The fourth-order valence-corrected chi connectivity index (χ4v) is 1.88. The topological polar surface area (TPSA) is 75.7 Å². The Hall–Kier alpha value is -1.43. The van der Waals surface area contributed by atoms with Crippen LogP contribution in [0.5, 0.6) is 0 Å². The van der Waals surface area contributed by atoms with Crippen molar-refractivity contribution in [1.29, 1.82) is 0 Å². The standard InChI is InChI=1S/C7H7N3O2S/c1-13(11,12)5-4-10-7-6(5)8-2-3-9-7/h2-4H,1H3,(H,9,10). The van der Waals surface area contributed by atoms with Crippen molar-refractivity contribution in [2.75, 3.05) is 6.26 Å². The normalized spacial score (nSPS) is 12.1. The fourth-order valence-electron chi connectivity index (χ4n) is 1.11. The third-order valence-corrected chi connectivity index (χ3v) is 2.78. The average molecular weight is 197 g/mol. The highest BCUT2D eigenvalue weighted by molar-refractivity contribution is 7.91. The zero-order chi connectivity index (χ0) is 9.47. The largest absolute Gasteiger partial charge is 0.343 e. The van der Waals surface area contributed by atoms with E-state index in [1.54, 1.807) is 0 Å². The summed E-state index contributed by atoms with van der Waals surface area (Å²) in [4.78, 5) is 10.8. The van der Waals surface area contributed by atoms with Crippen molar-refractivity contribution < 1.29 is 8.42 Å². The Balaban J connectivity index is 2.87. The highest BCUT2D eigenvalue weighted by Crippen LogP contribution is 2.17. The number of fused-ring (bicyclic) bond motifs is 1. The van der Waals surface area contributed by atoms with Crippen molar-refractivity contribution in [2.24, 2.45) is 0 Å². The van der Waals surface area contributed by atoms with Gasteiger partial charge in [-0.15, -0.1) is 0 Å². The molecule has 0 amide bonds. The molecule has 0 fully saturated rings. The van der Waals surface area contributed by atoms with Crippen molar-refractivity contribution in [3.8, 4) is 0 Å². The zero-order valence-electron chi connectivity index (χ0n) is 6.85. The maximum Gasteiger partial charge on any atom is 0.179 e. The second-order valence-electron chi connectivity index (χ2n) is 2.68. The monoisotopic (exact) mass is 197 g/mol. The number of nitrogens with one attached hydrogen (secondary N) is 1. The number of nitrogens with zero attached hydrogens (tertiary/aromatic N) is 2.